The molecule has 2 aliphatic rings. The number of aliphatic hydroxyl groups excluding tert-OH is 1. The highest BCUT2D eigenvalue weighted by Gasteiger charge is 2.24. The van der Waals surface area contributed by atoms with E-state index in [1.165, 1.54) is 19.3 Å². The Morgan fingerprint density at radius 2 is 1.97 bits per heavy atom. The number of piperazine rings is 1. The zero-order valence-electron chi connectivity index (χ0n) is 17.6. The topological polar surface area (TPSA) is 86.0 Å². The fourth-order valence-electron chi connectivity index (χ4n) is 4.11. The van der Waals surface area contributed by atoms with E-state index in [2.05, 4.69) is 22.1 Å². The molecule has 0 bridgehead atoms. The van der Waals surface area contributed by atoms with Crippen LogP contribution in [0.15, 0.2) is 22.2 Å². The van der Waals surface area contributed by atoms with Gasteiger partial charge in [0, 0.05) is 52.2 Å². The van der Waals surface area contributed by atoms with Gasteiger partial charge in [-0.3, -0.25) is 9.79 Å². The van der Waals surface area contributed by atoms with Crippen molar-refractivity contribution in [3.05, 3.63) is 22.7 Å². The maximum absolute atomic E-state index is 12.3. The molecule has 3 rings (SSSR count). The summed E-state index contributed by atoms with van der Waals surface area (Å²) in [5.41, 5.74) is -0.0628. The van der Waals surface area contributed by atoms with Crippen LogP contribution in [0.5, 0.6) is 0 Å². The van der Waals surface area contributed by atoms with Crippen molar-refractivity contribution in [2.45, 2.75) is 45.1 Å². The number of hydrogen-bond acceptors (Lipinski definition) is 5. The van der Waals surface area contributed by atoms with Crippen molar-refractivity contribution < 1.29 is 5.11 Å². The van der Waals surface area contributed by atoms with E-state index in [0.717, 1.165) is 51.5 Å². The van der Waals surface area contributed by atoms with Crippen LogP contribution in [-0.2, 0) is 7.05 Å². The Morgan fingerprint density at radius 3 is 2.62 bits per heavy atom. The van der Waals surface area contributed by atoms with Gasteiger partial charge in [-0.1, -0.05) is 19.3 Å². The lowest BCUT2D eigenvalue weighted by atomic mass is 9.85. The Labute approximate surface area is 190 Å². The number of aryl methyl sites for hydroxylation is 1. The highest BCUT2D eigenvalue weighted by molar-refractivity contribution is 14.0. The number of halogens is 1. The number of aliphatic hydroxyl groups is 1. The Hall–Kier alpha value is -1.36. The van der Waals surface area contributed by atoms with E-state index in [-0.39, 0.29) is 35.6 Å². The van der Waals surface area contributed by atoms with E-state index in [9.17, 15) is 9.90 Å². The van der Waals surface area contributed by atoms with E-state index in [1.807, 2.05) is 4.90 Å². The average Bonchev–Trinajstić information content (AvgIpc) is 2.74. The maximum Gasteiger partial charge on any atom is 0.293 e. The predicted octanol–water partition coefficient (Wildman–Crippen LogP) is 1.43. The number of nitrogens with one attached hydrogen (secondary N) is 1. The zero-order valence-corrected chi connectivity index (χ0v) is 19.9. The van der Waals surface area contributed by atoms with Crippen LogP contribution in [0.2, 0.25) is 0 Å². The van der Waals surface area contributed by atoms with Gasteiger partial charge in [-0.15, -0.1) is 24.0 Å². The highest BCUT2D eigenvalue weighted by atomic mass is 127. The molecule has 2 fully saturated rings. The van der Waals surface area contributed by atoms with E-state index in [1.54, 1.807) is 24.0 Å². The summed E-state index contributed by atoms with van der Waals surface area (Å²) in [5.74, 6) is 1.75. The van der Waals surface area contributed by atoms with Crippen LogP contribution in [0.4, 0.5) is 5.82 Å². The summed E-state index contributed by atoms with van der Waals surface area (Å²) in [4.78, 5) is 25.5. The van der Waals surface area contributed by atoms with Crippen LogP contribution < -0.4 is 15.8 Å². The molecule has 29 heavy (non-hydrogen) atoms. The fourth-order valence-corrected chi connectivity index (χ4v) is 4.11. The normalized spacial score (nSPS) is 19.6. The number of guanidine groups is 1. The molecule has 1 saturated heterocycles. The van der Waals surface area contributed by atoms with E-state index >= 15 is 0 Å². The van der Waals surface area contributed by atoms with Gasteiger partial charge < -0.3 is 24.8 Å². The van der Waals surface area contributed by atoms with Gasteiger partial charge in [-0.2, -0.15) is 0 Å². The molecule has 1 aliphatic heterocycles. The first kappa shape index (κ1) is 23.9. The molecule has 2 N–H and O–H groups in total. The number of aromatic nitrogens is 2. The van der Waals surface area contributed by atoms with Gasteiger partial charge in [0.15, 0.2) is 11.8 Å². The van der Waals surface area contributed by atoms with Gasteiger partial charge in [0.25, 0.3) is 5.56 Å². The zero-order chi connectivity index (χ0) is 19.9. The second-order valence-electron chi connectivity index (χ2n) is 7.80. The summed E-state index contributed by atoms with van der Waals surface area (Å²) < 4.78 is 1.56. The number of nitrogens with zero attached hydrogens (tertiary/aromatic N) is 5. The lowest BCUT2D eigenvalue weighted by molar-refractivity contribution is 0.0921. The lowest BCUT2D eigenvalue weighted by Gasteiger charge is -2.37. The van der Waals surface area contributed by atoms with Crippen LogP contribution in [0.1, 0.15) is 39.0 Å². The van der Waals surface area contributed by atoms with Crippen molar-refractivity contribution in [3.63, 3.8) is 0 Å². The third-order valence-corrected chi connectivity index (χ3v) is 5.83. The van der Waals surface area contributed by atoms with Crippen LogP contribution in [0.3, 0.4) is 0 Å². The SMILES string of the molecule is CCNC(=NCC(O)C1CCCCC1)N1CCN(c2nccn(C)c2=O)CC1.I. The second-order valence-corrected chi connectivity index (χ2v) is 7.80. The number of hydrogen-bond donors (Lipinski definition) is 2. The minimum Gasteiger partial charge on any atom is -0.391 e. The van der Waals surface area contributed by atoms with Crippen LogP contribution >= 0.6 is 24.0 Å². The number of anilines is 1. The summed E-state index contributed by atoms with van der Waals surface area (Å²) in [5, 5.41) is 13.9. The van der Waals surface area contributed by atoms with Crippen LogP contribution in [0.25, 0.3) is 0 Å². The third kappa shape index (κ3) is 6.31. The Bertz CT molecular complexity index is 711. The van der Waals surface area contributed by atoms with E-state index in [4.69, 9.17) is 4.99 Å². The summed E-state index contributed by atoms with van der Waals surface area (Å²) in [7, 11) is 1.75. The minimum atomic E-state index is -0.355. The Morgan fingerprint density at radius 1 is 1.28 bits per heavy atom. The molecule has 0 aromatic carbocycles. The summed E-state index contributed by atoms with van der Waals surface area (Å²) >= 11 is 0. The van der Waals surface area contributed by atoms with Gasteiger partial charge in [-0.05, 0) is 25.7 Å². The first-order valence-electron chi connectivity index (χ1n) is 10.6. The van der Waals surface area contributed by atoms with Crippen molar-refractivity contribution in [1.29, 1.82) is 0 Å². The quantitative estimate of drug-likeness (QED) is 0.349. The standard InChI is InChI=1S/C20H34N6O2.HI/c1-3-21-20(23-15-17(27)16-7-5-4-6-8-16)26-13-11-25(12-14-26)18-19(28)24(2)10-9-22-18;/h9-10,16-17,27H,3-8,11-15H2,1-2H3,(H,21,23);1H. The van der Waals surface area contributed by atoms with Crippen molar-refractivity contribution >= 4 is 35.8 Å². The molecular weight excluding hydrogens is 483 g/mol. The van der Waals surface area contributed by atoms with Crippen molar-refractivity contribution in [2.24, 2.45) is 18.0 Å². The molecule has 0 amide bonds. The van der Waals surface area contributed by atoms with Crippen LogP contribution in [-0.4, -0.2) is 70.9 Å². The largest absolute Gasteiger partial charge is 0.391 e. The van der Waals surface area contributed by atoms with Crippen molar-refractivity contribution in [1.82, 2.24) is 19.8 Å². The first-order valence-corrected chi connectivity index (χ1v) is 10.6. The fraction of sp³-hybridized carbons (Fsp3) is 0.750. The number of aliphatic imine (C=N–C) groups is 1. The molecule has 2 heterocycles. The number of rotatable bonds is 5. The molecule has 0 spiro atoms. The van der Waals surface area contributed by atoms with Crippen molar-refractivity contribution in [3.8, 4) is 0 Å². The average molecular weight is 518 g/mol. The van der Waals surface area contributed by atoms with Gasteiger partial charge in [0.2, 0.25) is 0 Å². The Balaban J connectivity index is 0.00000300. The second kappa shape index (κ2) is 11.7. The molecule has 0 radical (unpaired) electrons. The van der Waals surface area contributed by atoms with E-state index in [0.29, 0.717) is 18.3 Å². The molecule has 8 nitrogen and oxygen atoms in total. The minimum absolute atomic E-state index is 0. The van der Waals surface area contributed by atoms with Gasteiger partial charge in [-0.25, -0.2) is 4.98 Å². The summed E-state index contributed by atoms with van der Waals surface area (Å²) in [6, 6.07) is 0. The highest BCUT2D eigenvalue weighted by Crippen LogP contribution is 2.26. The van der Waals surface area contributed by atoms with Gasteiger partial charge in [0.1, 0.15) is 0 Å². The molecule has 9 heteroatoms. The van der Waals surface area contributed by atoms with Crippen molar-refractivity contribution in [2.75, 3.05) is 44.2 Å². The molecule has 1 unspecified atom stereocenters. The first-order chi connectivity index (χ1) is 13.6. The smallest absolute Gasteiger partial charge is 0.293 e. The molecule has 1 saturated carbocycles. The third-order valence-electron chi connectivity index (χ3n) is 5.83. The predicted molar refractivity (Wildman–Crippen MR) is 127 cm³/mol. The maximum atomic E-state index is 12.3. The molecule has 1 aromatic rings. The molecule has 1 aromatic heterocycles. The van der Waals surface area contributed by atoms with Crippen LogP contribution in [0, 0.1) is 5.92 Å². The summed E-state index contributed by atoms with van der Waals surface area (Å²) in [6.45, 7) is 6.29. The lowest BCUT2D eigenvalue weighted by Crippen LogP contribution is -2.54. The monoisotopic (exact) mass is 518 g/mol. The molecule has 164 valence electrons. The Kier molecular flexibility index (Phi) is 9.67. The molecular formula is C20H35IN6O2. The van der Waals surface area contributed by atoms with Gasteiger partial charge >= 0.3 is 0 Å². The molecule has 1 aliphatic carbocycles. The molecule has 1 atom stereocenters. The van der Waals surface area contributed by atoms with E-state index < -0.39 is 0 Å². The van der Waals surface area contributed by atoms with Gasteiger partial charge in [0.05, 0.1) is 12.6 Å². The summed E-state index contributed by atoms with van der Waals surface area (Å²) in [6.07, 6.45) is 8.96.